The summed E-state index contributed by atoms with van der Waals surface area (Å²) >= 11 is 0. The molecule has 0 bridgehead atoms. The quantitative estimate of drug-likeness (QED) is 0.474. The van der Waals surface area contributed by atoms with Crippen molar-refractivity contribution in [1.82, 2.24) is 0 Å². The molecule has 0 aromatic heterocycles. The standard InChI is InChI=1S/C12H22O3/c1-3-5-6-7-8-10(4-2)11(13)9-12(14)15/h10H,3-9H2,1-2H3,(H,14,15). The Morgan fingerprint density at radius 3 is 2.27 bits per heavy atom. The van der Waals surface area contributed by atoms with Crippen molar-refractivity contribution in [2.45, 2.75) is 58.8 Å². The zero-order valence-electron chi connectivity index (χ0n) is 9.79. The lowest BCUT2D eigenvalue weighted by molar-refractivity contribution is -0.141. The predicted octanol–water partition coefficient (Wildman–Crippen LogP) is 3.03. The maximum atomic E-state index is 11.5. The van der Waals surface area contributed by atoms with Crippen LogP contribution >= 0.6 is 0 Å². The van der Waals surface area contributed by atoms with Crippen molar-refractivity contribution in [2.75, 3.05) is 0 Å². The van der Waals surface area contributed by atoms with Gasteiger partial charge in [0.05, 0.1) is 0 Å². The topological polar surface area (TPSA) is 54.4 Å². The predicted molar refractivity (Wildman–Crippen MR) is 59.8 cm³/mol. The largest absolute Gasteiger partial charge is 0.481 e. The fraction of sp³-hybridized carbons (Fsp3) is 0.833. The minimum atomic E-state index is -1.01. The number of carboxylic acid groups (broad SMARTS) is 1. The highest BCUT2D eigenvalue weighted by Gasteiger charge is 2.18. The number of carbonyl (C=O) groups excluding carboxylic acids is 1. The molecular weight excluding hydrogens is 192 g/mol. The lowest BCUT2D eigenvalue weighted by atomic mass is 9.92. The second-order valence-electron chi connectivity index (χ2n) is 3.99. The average Bonchev–Trinajstić information content (AvgIpc) is 2.16. The summed E-state index contributed by atoms with van der Waals surface area (Å²) in [6, 6.07) is 0. The lowest BCUT2D eigenvalue weighted by Gasteiger charge is -2.11. The molecule has 3 nitrogen and oxygen atoms in total. The first kappa shape index (κ1) is 14.1. The zero-order valence-corrected chi connectivity index (χ0v) is 9.79. The minimum Gasteiger partial charge on any atom is -0.481 e. The van der Waals surface area contributed by atoms with Gasteiger partial charge < -0.3 is 5.11 Å². The van der Waals surface area contributed by atoms with Gasteiger partial charge in [0.25, 0.3) is 0 Å². The maximum Gasteiger partial charge on any atom is 0.310 e. The van der Waals surface area contributed by atoms with Gasteiger partial charge in [0.2, 0.25) is 0 Å². The third-order valence-electron chi connectivity index (χ3n) is 2.68. The van der Waals surface area contributed by atoms with Crippen LogP contribution in [0.4, 0.5) is 0 Å². The van der Waals surface area contributed by atoms with E-state index in [0.717, 1.165) is 25.7 Å². The summed E-state index contributed by atoms with van der Waals surface area (Å²) in [7, 11) is 0. The van der Waals surface area contributed by atoms with Crippen LogP contribution in [0.25, 0.3) is 0 Å². The Morgan fingerprint density at radius 1 is 1.13 bits per heavy atom. The molecule has 0 aliphatic carbocycles. The first-order valence-corrected chi connectivity index (χ1v) is 5.86. The van der Waals surface area contributed by atoms with Crippen molar-refractivity contribution in [3.8, 4) is 0 Å². The Bertz CT molecular complexity index is 199. The summed E-state index contributed by atoms with van der Waals surface area (Å²) in [5, 5.41) is 8.52. The molecule has 15 heavy (non-hydrogen) atoms. The molecule has 3 heteroatoms. The van der Waals surface area contributed by atoms with Gasteiger partial charge in [-0.3, -0.25) is 9.59 Å². The van der Waals surface area contributed by atoms with E-state index in [1.807, 2.05) is 6.92 Å². The molecule has 0 aliphatic rings. The van der Waals surface area contributed by atoms with E-state index in [9.17, 15) is 9.59 Å². The van der Waals surface area contributed by atoms with E-state index in [1.165, 1.54) is 12.8 Å². The van der Waals surface area contributed by atoms with Crippen molar-refractivity contribution in [3.63, 3.8) is 0 Å². The van der Waals surface area contributed by atoms with Gasteiger partial charge in [-0.25, -0.2) is 0 Å². The highest BCUT2D eigenvalue weighted by molar-refractivity contribution is 5.95. The number of aliphatic carboxylic acids is 1. The summed E-state index contributed by atoms with van der Waals surface area (Å²) < 4.78 is 0. The van der Waals surface area contributed by atoms with Crippen LogP contribution in [0, 0.1) is 5.92 Å². The van der Waals surface area contributed by atoms with Gasteiger partial charge in [-0.05, 0) is 12.8 Å². The fourth-order valence-corrected chi connectivity index (χ4v) is 1.70. The molecule has 0 heterocycles. The summed E-state index contributed by atoms with van der Waals surface area (Å²) in [5.74, 6) is -1.16. The Morgan fingerprint density at radius 2 is 1.80 bits per heavy atom. The second kappa shape index (κ2) is 8.45. The van der Waals surface area contributed by atoms with Crippen molar-refractivity contribution in [3.05, 3.63) is 0 Å². The summed E-state index contributed by atoms with van der Waals surface area (Å²) in [4.78, 5) is 21.9. The molecule has 0 amide bonds. The average molecular weight is 214 g/mol. The third kappa shape index (κ3) is 7.11. The van der Waals surface area contributed by atoms with Gasteiger partial charge in [0.15, 0.2) is 0 Å². The number of rotatable bonds is 9. The number of carbonyl (C=O) groups is 2. The molecule has 0 aromatic rings. The number of hydrogen-bond acceptors (Lipinski definition) is 2. The molecule has 0 aliphatic heterocycles. The lowest BCUT2D eigenvalue weighted by Crippen LogP contribution is -2.17. The first-order valence-electron chi connectivity index (χ1n) is 5.86. The summed E-state index contributed by atoms with van der Waals surface area (Å²) in [6.45, 7) is 4.09. The van der Waals surface area contributed by atoms with Crippen LogP contribution in [-0.2, 0) is 9.59 Å². The van der Waals surface area contributed by atoms with Crippen LogP contribution in [0.3, 0.4) is 0 Å². The molecule has 0 rings (SSSR count). The Kier molecular flexibility index (Phi) is 7.96. The van der Waals surface area contributed by atoms with Gasteiger partial charge >= 0.3 is 5.97 Å². The van der Waals surface area contributed by atoms with Gasteiger partial charge in [0.1, 0.15) is 12.2 Å². The van der Waals surface area contributed by atoms with Crippen molar-refractivity contribution >= 4 is 11.8 Å². The molecule has 1 unspecified atom stereocenters. The SMILES string of the molecule is CCCCCCC(CC)C(=O)CC(=O)O. The van der Waals surface area contributed by atoms with E-state index in [0.29, 0.717) is 0 Å². The van der Waals surface area contributed by atoms with E-state index in [1.54, 1.807) is 0 Å². The maximum absolute atomic E-state index is 11.5. The molecule has 0 spiro atoms. The van der Waals surface area contributed by atoms with Crippen LogP contribution in [0.1, 0.15) is 58.8 Å². The van der Waals surface area contributed by atoms with Gasteiger partial charge in [-0.15, -0.1) is 0 Å². The molecule has 1 N–H and O–H groups in total. The number of unbranched alkanes of at least 4 members (excludes halogenated alkanes) is 3. The first-order chi connectivity index (χ1) is 7.11. The summed E-state index contributed by atoms with van der Waals surface area (Å²) in [5.41, 5.74) is 0. The Labute approximate surface area is 91.9 Å². The van der Waals surface area contributed by atoms with Crippen molar-refractivity contribution in [2.24, 2.45) is 5.92 Å². The Balaban J connectivity index is 3.80. The van der Waals surface area contributed by atoms with Crippen LogP contribution < -0.4 is 0 Å². The number of hydrogen-bond donors (Lipinski definition) is 1. The normalized spacial score (nSPS) is 12.4. The molecule has 0 radical (unpaired) electrons. The van der Waals surface area contributed by atoms with Crippen LogP contribution in [-0.4, -0.2) is 16.9 Å². The van der Waals surface area contributed by atoms with Gasteiger partial charge in [-0.2, -0.15) is 0 Å². The molecule has 0 aromatic carbocycles. The highest BCUT2D eigenvalue weighted by Crippen LogP contribution is 2.16. The van der Waals surface area contributed by atoms with Crippen LogP contribution in [0.2, 0.25) is 0 Å². The molecule has 88 valence electrons. The number of Topliss-reactive ketones (excluding diaryl/α,β-unsaturated/α-hetero) is 1. The van der Waals surface area contributed by atoms with E-state index < -0.39 is 5.97 Å². The van der Waals surface area contributed by atoms with Gasteiger partial charge in [0, 0.05) is 5.92 Å². The second-order valence-corrected chi connectivity index (χ2v) is 3.99. The summed E-state index contributed by atoms with van der Waals surface area (Å²) in [6.07, 6.45) is 5.86. The molecule has 1 atom stereocenters. The number of ketones is 1. The molecular formula is C12H22O3. The van der Waals surface area contributed by atoms with Crippen molar-refractivity contribution < 1.29 is 14.7 Å². The smallest absolute Gasteiger partial charge is 0.310 e. The zero-order chi connectivity index (χ0) is 11.7. The van der Waals surface area contributed by atoms with E-state index in [2.05, 4.69) is 6.92 Å². The van der Waals surface area contributed by atoms with Crippen molar-refractivity contribution in [1.29, 1.82) is 0 Å². The molecule has 0 fully saturated rings. The van der Waals surface area contributed by atoms with E-state index >= 15 is 0 Å². The number of carboxylic acids is 1. The fourth-order valence-electron chi connectivity index (χ4n) is 1.70. The van der Waals surface area contributed by atoms with Crippen LogP contribution in [0.5, 0.6) is 0 Å². The third-order valence-corrected chi connectivity index (χ3v) is 2.68. The van der Waals surface area contributed by atoms with Crippen LogP contribution in [0.15, 0.2) is 0 Å². The Hall–Kier alpha value is -0.860. The van der Waals surface area contributed by atoms with E-state index in [4.69, 9.17) is 5.11 Å². The van der Waals surface area contributed by atoms with E-state index in [-0.39, 0.29) is 18.1 Å². The molecule has 0 saturated heterocycles. The molecule has 0 saturated carbocycles. The monoisotopic (exact) mass is 214 g/mol. The minimum absolute atomic E-state index is 0.0436. The highest BCUT2D eigenvalue weighted by atomic mass is 16.4. The van der Waals surface area contributed by atoms with Gasteiger partial charge in [-0.1, -0.05) is 39.5 Å².